The van der Waals surface area contributed by atoms with E-state index >= 15 is 0 Å². The molecule has 0 unspecified atom stereocenters. The number of nitrogens with one attached hydrogen (secondary N) is 1. The minimum absolute atomic E-state index is 0.0950. The molecule has 1 saturated carbocycles. The van der Waals surface area contributed by atoms with Crippen LogP contribution in [0.1, 0.15) is 23.3 Å². The summed E-state index contributed by atoms with van der Waals surface area (Å²) < 4.78 is 6.47. The summed E-state index contributed by atoms with van der Waals surface area (Å²) in [6.07, 6.45) is 3.90. The predicted molar refractivity (Wildman–Crippen MR) is 49.7 cm³/mol. The number of carbonyl (C=O) groups excluding carboxylic acids is 1. The summed E-state index contributed by atoms with van der Waals surface area (Å²) in [6, 6.07) is 2.06. The van der Waals surface area contributed by atoms with Crippen LogP contribution in [0.25, 0.3) is 0 Å². The molecule has 1 amide bonds. The average molecular weight is 195 g/mol. The normalized spacial score (nSPS) is 15.5. The first kappa shape index (κ1) is 9.21. The molecule has 1 fully saturated rings. The molecule has 0 bridgehead atoms. The van der Waals surface area contributed by atoms with Gasteiger partial charge in [-0.15, -0.1) is 0 Å². The third kappa shape index (κ3) is 2.11. The van der Waals surface area contributed by atoms with Gasteiger partial charge in [-0.3, -0.25) is 4.79 Å². The molecule has 1 aromatic heterocycles. The Balaban J connectivity index is 1.96. The van der Waals surface area contributed by atoms with E-state index in [4.69, 9.17) is 4.74 Å². The van der Waals surface area contributed by atoms with Gasteiger partial charge in [0.15, 0.2) is 0 Å². The molecule has 14 heavy (non-hydrogen) atoms. The zero-order valence-electron chi connectivity index (χ0n) is 8.06. The van der Waals surface area contributed by atoms with Gasteiger partial charge in [-0.2, -0.15) is 5.10 Å². The van der Waals surface area contributed by atoms with Crippen LogP contribution in [-0.2, 0) is 11.5 Å². The Morgan fingerprint density at radius 3 is 3.21 bits per heavy atom. The third-order valence-corrected chi connectivity index (χ3v) is 2.05. The summed E-state index contributed by atoms with van der Waals surface area (Å²) in [5.74, 6) is -0.0950. The summed E-state index contributed by atoms with van der Waals surface area (Å²) >= 11 is 0. The summed E-state index contributed by atoms with van der Waals surface area (Å²) in [5.41, 5.74) is 0.453. The van der Waals surface area contributed by atoms with Crippen molar-refractivity contribution in [3.05, 3.63) is 18.0 Å². The van der Waals surface area contributed by atoms with E-state index in [9.17, 15) is 4.79 Å². The van der Waals surface area contributed by atoms with Crippen molar-refractivity contribution in [3.8, 4) is 0 Å². The van der Waals surface area contributed by atoms with Crippen LogP contribution in [0, 0.1) is 0 Å². The second kappa shape index (κ2) is 3.79. The van der Waals surface area contributed by atoms with Crippen LogP contribution in [0.5, 0.6) is 0 Å². The van der Waals surface area contributed by atoms with Gasteiger partial charge in [-0.25, -0.2) is 4.68 Å². The van der Waals surface area contributed by atoms with Crippen molar-refractivity contribution >= 4 is 5.91 Å². The number of nitrogens with zero attached hydrogens (tertiary/aromatic N) is 2. The molecule has 0 radical (unpaired) electrons. The zero-order chi connectivity index (χ0) is 9.97. The molecule has 1 aliphatic carbocycles. The van der Waals surface area contributed by atoms with Gasteiger partial charge in [0.2, 0.25) is 0 Å². The van der Waals surface area contributed by atoms with Gasteiger partial charge in [-0.05, 0) is 18.9 Å². The monoisotopic (exact) mass is 195 g/mol. The topological polar surface area (TPSA) is 56.1 Å². The maximum absolute atomic E-state index is 11.5. The fourth-order valence-corrected chi connectivity index (χ4v) is 1.17. The highest BCUT2D eigenvalue weighted by Crippen LogP contribution is 2.18. The maximum Gasteiger partial charge on any atom is 0.271 e. The van der Waals surface area contributed by atoms with E-state index < -0.39 is 0 Å². The minimum atomic E-state index is -0.0950. The van der Waals surface area contributed by atoms with Crippen molar-refractivity contribution in [2.45, 2.75) is 25.6 Å². The van der Waals surface area contributed by atoms with Gasteiger partial charge in [0.25, 0.3) is 5.91 Å². The first-order chi connectivity index (χ1) is 6.79. The third-order valence-electron chi connectivity index (χ3n) is 2.05. The summed E-state index contributed by atoms with van der Waals surface area (Å²) in [4.78, 5) is 11.5. The van der Waals surface area contributed by atoms with E-state index in [1.165, 1.54) is 0 Å². The fraction of sp³-hybridized carbons (Fsp3) is 0.556. The predicted octanol–water partition coefficient (Wildman–Crippen LogP) is 0.379. The van der Waals surface area contributed by atoms with Gasteiger partial charge >= 0.3 is 0 Å². The molecule has 2 rings (SSSR count). The fourth-order valence-electron chi connectivity index (χ4n) is 1.17. The van der Waals surface area contributed by atoms with Crippen LogP contribution in [0.3, 0.4) is 0 Å². The molecule has 0 saturated heterocycles. The van der Waals surface area contributed by atoms with Crippen LogP contribution < -0.4 is 5.32 Å². The number of carbonyl (C=O) groups is 1. The van der Waals surface area contributed by atoms with Crippen LogP contribution in [-0.4, -0.2) is 28.8 Å². The molecule has 0 atom stereocenters. The molecular formula is C9H13N3O2. The van der Waals surface area contributed by atoms with Crippen LogP contribution in [0.2, 0.25) is 0 Å². The number of aromatic nitrogens is 2. The molecule has 5 heteroatoms. The lowest BCUT2D eigenvalue weighted by atomic mass is 10.4. The number of amides is 1. The molecule has 1 N–H and O–H groups in total. The molecular weight excluding hydrogens is 182 g/mol. The molecule has 0 aliphatic heterocycles. The lowest BCUT2D eigenvalue weighted by molar-refractivity contribution is 0.0938. The standard InChI is InChI=1S/C9H13N3O2/c1-14-6-12-5-4-8(11-12)9(13)10-7-2-3-7/h4-5,7H,2-3,6H2,1H3,(H,10,13). The van der Waals surface area contributed by atoms with Gasteiger partial charge < -0.3 is 10.1 Å². The smallest absolute Gasteiger partial charge is 0.271 e. The SMILES string of the molecule is COCn1ccc(C(=O)NC2CC2)n1. The van der Waals surface area contributed by atoms with Crippen molar-refractivity contribution in [2.24, 2.45) is 0 Å². The number of methoxy groups -OCH3 is 1. The van der Waals surface area contributed by atoms with Crippen LogP contribution >= 0.6 is 0 Å². The van der Waals surface area contributed by atoms with Gasteiger partial charge in [0, 0.05) is 19.3 Å². The van der Waals surface area contributed by atoms with E-state index in [1.54, 1.807) is 24.1 Å². The van der Waals surface area contributed by atoms with Gasteiger partial charge in [0.05, 0.1) is 0 Å². The van der Waals surface area contributed by atoms with E-state index in [2.05, 4.69) is 10.4 Å². The van der Waals surface area contributed by atoms with Crippen molar-refractivity contribution in [1.82, 2.24) is 15.1 Å². The first-order valence-electron chi connectivity index (χ1n) is 4.63. The van der Waals surface area contributed by atoms with E-state index in [0.717, 1.165) is 12.8 Å². The van der Waals surface area contributed by atoms with Crippen molar-refractivity contribution < 1.29 is 9.53 Å². The number of rotatable bonds is 4. The Morgan fingerprint density at radius 1 is 1.79 bits per heavy atom. The molecule has 5 nitrogen and oxygen atoms in total. The van der Waals surface area contributed by atoms with E-state index in [0.29, 0.717) is 18.5 Å². The number of hydrogen-bond donors (Lipinski definition) is 1. The average Bonchev–Trinajstić information content (AvgIpc) is 2.83. The lowest BCUT2D eigenvalue weighted by Crippen LogP contribution is -2.25. The maximum atomic E-state index is 11.5. The molecule has 1 heterocycles. The lowest BCUT2D eigenvalue weighted by Gasteiger charge is -1.99. The van der Waals surface area contributed by atoms with Crippen molar-refractivity contribution in [3.63, 3.8) is 0 Å². The molecule has 0 aromatic carbocycles. The van der Waals surface area contributed by atoms with Crippen molar-refractivity contribution in [2.75, 3.05) is 7.11 Å². The van der Waals surface area contributed by atoms with E-state index in [-0.39, 0.29) is 5.91 Å². The summed E-state index contributed by atoms with van der Waals surface area (Å²) in [5, 5.41) is 6.93. The minimum Gasteiger partial charge on any atom is -0.362 e. The first-order valence-corrected chi connectivity index (χ1v) is 4.63. The molecule has 0 spiro atoms. The highest BCUT2D eigenvalue weighted by atomic mass is 16.5. The Bertz CT molecular complexity index is 331. The Kier molecular flexibility index (Phi) is 2.49. The molecule has 1 aliphatic rings. The second-order valence-electron chi connectivity index (χ2n) is 3.41. The van der Waals surface area contributed by atoms with Gasteiger partial charge in [0.1, 0.15) is 12.4 Å². The largest absolute Gasteiger partial charge is 0.362 e. The Labute approximate surface area is 82.0 Å². The highest BCUT2D eigenvalue weighted by Gasteiger charge is 2.24. The quantitative estimate of drug-likeness (QED) is 0.755. The highest BCUT2D eigenvalue weighted by molar-refractivity contribution is 5.92. The zero-order valence-corrected chi connectivity index (χ0v) is 8.06. The van der Waals surface area contributed by atoms with Crippen LogP contribution in [0.4, 0.5) is 0 Å². The Morgan fingerprint density at radius 2 is 2.57 bits per heavy atom. The Hall–Kier alpha value is -1.36. The van der Waals surface area contributed by atoms with E-state index in [1.807, 2.05) is 0 Å². The number of ether oxygens (including phenoxy) is 1. The summed E-state index contributed by atoms with van der Waals surface area (Å²) in [6.45, 7) is 0.372. The summed E-state index contributed by atoms with van der Waals surface area (Å²) in [7, 11) is 1.59. The molecule has 1 aromatic rings. The second-order valence-corrected chi connectivity index (χ2v) is 3.41. The molecule has 76 valence electrons. The van der Waals surface area contributed by atoms with Crippen LogP contribution in [0.15, 0.2) is 12.3 Å². The van der Waals surface area contributed by atoms with Gasteiger partial charge in [-0.1, -0.05) is 0 Å². The van der Waals surface area contributed by atoms with Crippen molar-refractivity contribution in [1.29, 1.82) is 0 Å². The number of hydrogen-bond acceptors (Lipinski definition) is 3.